The van der Waals surface area contributed by atoms with Crippen LogP contribution in [0.25, 0.3) is 0 Å². The second kappa shape index (κ2) is 12.7. The molecule has 1 saturated heterocycles. The van der Waals surface area contributed by atoms with E-state index in [1.165, 1.54) is 17.7 Å². The number of ether oxygens (including phenoxy) is 2. The summed E-state index contributed by atoms with van der Waals surface area (Å²) in [6, 6.07) is 22.7. The van der Waals surface area contributed by atoms with Crippen LogP contribution in [0.5, 0.6) is 11.5 Å². The zero-order valence-corrected chi connectivity index (χ0v) is 21.8. The van der Waals surface area contributed by atoms with E-state index in [1.54, 1.807) is 43.4 Å². The third-order valence-electron chi connectivity index (χ3n) is 6.26. The minimum Gasteiger partial charge on any atom is -0.492 e. The second-order valence-electron chi connectivity index (χ2n) is 8.92. The SMILES string of the molecule is CN(C(=O)Oc1ccc(CCNS(=O)(=O)c2ccc(OCCN3CCCC3)cc2)cc1)c1ccccc1. The molecule has 1 heterocycles. The number of sulfonamides is 1. The molecule has 1 N–H and O–H groups in total. The Hall–Kier alpha value is -3.40. The van der Waals surface area contributed by atoms with Gasteiger partial charge < -0.3 is 9.47 Å². The molecule has 0 aromatic heterocycles. The van der Waals surface area contributed by atoms with Crippen molar-refractivity contribution in [2.45, 2.75) is 24.2 Å². The first-order chi connectivity index (χ1) is 17.9. The van der Waals surface area contributed by atoms with Crippen LogP contribution < -0.4 is 19.1 Å². The van der Waals surface area contributed by atoms with E-state index in [1.807, 2.05) is 42.5 Å². The maximum absolute atomic E-state index is 12.7. The average Bonchev–Trinajstić information content (AvgIpc) is 3.43. The highest BCUT2D eigenvalue weighted by Crippen LogP contribution is 2.18. The van der Waals surface area contributed by atoms with E-state index in [0.717, 1.165) is 30.9 Å². The molecule has 1 fully saturated rings. The molecule has 8 nitrogen and oxygen atoms in total. The number of amides is 1. The number of benzene rings is 3. The van der Waals surface area contributed by atoms with E-state index >= 15 is 0 Å². The first kappa shape index (κ1) is 26.7. The number of nitrogens with one attached hydrogen (secondary N) is 1. The number of rotatable bonds is 11. The van der Waals surface area contributed by atoms with Gasteiger partial charge in [-0.2, -0.15) is 0 Å². The van der Waals surface area contributed by atoms with Crippen molar-refractivity contribution in [2.24, 2.45) is 0 Å². The minimum absolute atomic E-state index is 0.198. The summed E-state index contributed by atoms with van der Waals surface area (Å²) in [6.45, 7) is 3.96. The molecule has 0 bridgehead atoms. The predicted molar refractivity (Wildman–Crippen MR) is 144 cm³/mol. The summed E-state index contributed by atoms with van der Waals surface area (Å²) >= 11 is 0. The predicted octanol–water partition coefficient (Wildman–Crippen LogP) is 4.32. The number of carbonyl (C=O) groups is 1. The minimum atomic E-state index is -3.63. The molecule has 1 aliphatic rings. The average molecular weight is 524 g/mol. The van der Waals surface area contributed by atoms with Crippen LogP contribution in [0.2, 0.25) is 0 Å². The van der Waals surface area contributed by atoms with Crippen molar-refractivity contribution in [3.05, 3.63) is 84.4 Å². The highest BCUT2D eigenvalue weighted by molar-refractivity contribution is 7.89. The molecule has 196 valence electrons. The lowest BCUT2D eigenvalue weighted by Gasteiger charge is -2.16. The van der Waals surface area contributed by atoms with Crippen LogP contribution >= 0.6 is 0 Å². The number of hydrogen-bond acceptors (Lipinski definition) is 6. The van der Waals surface area contributed by atoms with Gasteiger partial charge in [0.1, 0.15) is 18.1 Å². The van der Waals surface area contributed by atoms with Crippen molar-refractivity contribution in [1.29, 1.82) is 0 Å². The van der Waals surface area contributed by atoms with Crippen LogP contribution in [0.4, 0.5) is 10.5 Å². The molecule has 3 aromatic carbocycles. The van der Waals surface area contributed by atoms with Gasteiger partial charge >= 0.3 is 6.09 Å². The first-order valence-electron chi connectivity index (χ1n) is 12.5. The summed E-state index contributed by atoms with van der Waals surface area (Å²) in [5.41, 5.74) is 1.65. The highest BCUT2D eigenvalue weighted by Gasteiger charge is 2.15. The maximum Gasteiger partial charge on any atom is 0.419 e. The van der Waals surface area contributed by atoms with E-state index < -0.39 is 16.1 Å². The first-order valence-corrected chi connectivity index (χ1v) is 13.9. The summed E-state index contributed by atoms with van der Waals surface area (Å²) in [5, 5.41) is 0. The Bertz CT molecular complexity index is 1240. The summed E-state index contributed by atoms with van der Waals surface area (Å²) in [5.74, 6) is 1.08. The largest absolute Gasteiger partial charge is 0.492 e. The number of hydrogen-bond donors (Lipinski definition) is 1. The lowest BCUT2D eigenvalue weighted by molar-refractivity contribution is 0.209. The fraction of sp³-hybridized carbons (Fsp3) is 0.321. The Morgan fingerprint density at radius 1 is 0.919 bits per heavy atom. The van der Waals surface area contributed by atoms with Gasteiger partial charge in [0, 0.05) is 25.8 Å². The van der Waals surface area contributed by atoms with Gasteiger partial charge in [-0.1, -0.05) is 30.3 Å². The summed E-state index contributed by atoms with van der Waals surface area (Å²) < 4.78 is 39.1. The molecule has 3 aromatic rings. The third kappa shape index (κ3) is 7.79. The Balaban J connectivity index is 1.21. The molecule has 0 radical (unpaired) electrons. The topological polar surface area (TPSA) is 88.2 Å². The van der Waals surface area contributed by atoms with E-state index in [4.69, 9.17) is 9.47 Å². The van der Waals surface area contributed by atoms with E-state index in [9.17, 15) is 13.2 Å². The van der Waals surface area contributed by atoms with Crippen molar-refractivity contribution >= 4 is 21.8 Å². The summed E-state index contributed by atoms with van der Waals surface area (Å²) in [4.78, 5) is 16.4. The molecular formula is C28H33N3O5S. The Kier molecular flexibility index (Phi) is 9.16. The van der Waals surface area contributed by atoms with Gasteiger partial charge in [-0.15, -0.1) is 0 Å². The van der Waals surface area contributed by atoms with Crippen LogP contribution in [-0.2, 0) is 16.4 Å². The Morgan fingerprint density at radius 2 is 1.57 bits per heavy atom. The zero-order valence-electron chi connectivity index (χ0n) is 21.0. The van der Waals surface area contributed by atoms with Gasteiger partial charge in [0.2, 0.25) is 10.0 Å². The van der Waals surface area contributed by atoms with E-state index in [2.05, 4.69) is 9.62 Å². The molecule has 0 atom stereocenters. The Labute approximate surface area is 218 Å². The zero-order chi connectivity index (χ0) is 26.1. The molecule has 4 rings (SSSR count). The smallest absolute Gasteiger partial charge is 0.419 e. The second-order valence-corrected chi connectivity index (χ2v) is 10.7. The molecule has 0 saturated carbocycles. The van der Waals surface area contributed by atoms with Gasteiger partial charge in [0.05, 0.1) is 4.90 Å². The van der Waals surface area contributed by atoms with Crippen LogP contribution in [0.1, 0.15) is 18.4 Å². The fourth-order valence-corrected chi connectivity index (χ4v) is 5.11. The van der Waals surface area contributed by atoms with Gasteiger partial charge in [-0.25, -0.2) is 17.9 Å². The standard InChI is InChI=1S/C28H33N3O5S/c1-30(24-7-3-2-4-8-24)28(32)36-26-11-9-23(10-12-26)17-18-29-37(33,34)27-15-13-25(14-16-27)35-22-21-31-19-5-6-20-31/h2-4,7-16,29H,5-6,17-22H2,1H3. The number of anilines is 1. The summed E-state index contributed by atoms with van der Waals surface area (Å²) in [7, 11) is -1.98. The monoisotopic (exact) mass is 523 g/mol. The Morgan fingerprint density at radius 3 is 2.24 bits per heavy atom. The van der Waals surface area contributed by atoms with Crippen molar-refractivity contribution in [3.8, 4) is 11.5 Å². The number of carbonyl (C=O) groups excluding carboxylic acids is 1. The normalized spacial score (nSPS) is 13.9. The van der Waals surface area contributed by atoms with Gasteiger partial charge in [-0.05, 0) is 86.4 Å². The quantitative estimate of drug-likeness (QED) is 0.403. The molecule has 0 aliphatic carbocycles. The van der Waals surface area contributed by atoms with Crippen LogP contribution in [0, 0.1) is 0 Å². The molecule has 1 amide bonds. The summed E-state index contributed by atoms with van der Waals surface area (Å²) in [6.07, 6.45) is 2.49. The van der Waals surface area contributed by atoms with E-state index in [-0.39, 0.29) is 11.4 Å². The molecule has 1 aliphatic heterocycles. The van der Waals surface area contributed by atoms with Crippen molar-refractivity contribution in [2.75, 3.05) is 44.7 Å². The molecular weight excluding hydrogens is 490 g/mol. The van der Waals surface area contributed by atoms with Crippen molar-refractivity contribution in [3.63, 3.8) is 0 Å². The van der Waals surface area contributed by atoms with Gasteiger partial charge in [0.15, 0.2) is 0 Å². The van der Waals surface area contributed by atoms with E-state index in [0.29, 0.717) is 24.5 Å². The van der Waals surface area contributed by atoms with Crippen LogP contribution in [0.15, 0.2) is 83.8 Å². The molecule has 37 heavy (non-hydrogen) atoms. The fourth-order valence-electron chi connectivity index (χ4n) is 4.08. The molecule has 0 unspecified atom stereocenters. The van der Waals surface area contributed by atoms with Crippen molar-refractivity contribution in [1.82, 2.24) is 9.62 Å². The van der Waals surface area contributed by atoms with Crippen molar-refractivity contribution < 1.29 is 22.7 Å². The highest BCUT2D eigenvalue weighted by atomic mass is 32.2. The van der Waals surface area contributed by atoms with Gasteiger partial charge in [-0.3, -0.25) is 9.80 Å². The third-order valence-corrected chi connectivity index (χ3v) is 7.74. The molecule has 0 spiro atoms. The number of nitrogens with zero attached hydrogens (tertiary/aromatic N) is 2. The van der Waals surface area contributed by atoms with Crippen LogP contribution in [0.3, 0.4) is 0 Å². The number of para-hydroxylation sites is 1. The lowest BCUT2D eigenvalue weighted by atomic mass is 10.1. The number of likely N-dealkylation sites (tertiary alicyclic amines) is 1. The lowest BCUT2D eigenvalue weighted by Crippen LogP contribution is -2.29. The maximum atomic E-state index is 12.7. The van der Waals surface area contributed by atoms with Crippen LogP contribution in [-0.4, -0.2) is 59.2 Å². The van der Waals surface area contributed by atoms with Gasteiger partial charge in [0.25, 0.3) is 0 Å². The molecule has 9 heteroatoms.